The first-order valence-electron chi connectivity index (χ1n) is 8.04. The molecule has 2 rings (SSSR count). The lowest BCUT2D eigenvalue weighted by Crippen LogP contribution is -2.33. The Morgan fingerprint density at radius 1 is 1.33 bits per heavy atom. The summed E-state index contributed by atoms with van der Waals surface area (Å²) in [5.41, 5.74) is 1.87. The van der Waals surface area contributed by atoms with Gasteiger partial charge in [-0.3, -0.25) is 0 Å². The summed E-state index contributed by atoms with van der Waals surface area (Å²) in [6.45, 7) is 6.40. The molecule has 0 radical (unpaired) electrons. The van der Waals surface area contributed by atoms with Gasteiger partial charge >= 0.3 is 5.97 Å². The molecule has 0 bridgehead atoms. The van der Waals surface area contributed by atoms with E-state index in [1.807, 2.05) is 12.1 Å². The molecule has 1 fully saturated rings. The number of carboxylic acid groups (broad SMARTS) is 1. The molecule has 0 aromatic heterocycles. The summed E-state index contributed by atoms with van der Waals surface area (Å²) in [4.78, 5) is 11.0. The molecule has 0 amide bonds. The van der Waals surface area contributed by atoms with Gasteiger partial charge in [-0.15, -0.1) is 0 Å². The third-order valence-corrected chi connectivity index (χ3v) is 4.51. The van der Waals surface area contributed by atoms with E-state index < -0.39 is 5.97 Å². The zero-order chi connectivity index (χ0) is 15.3. The second-order valence-corrected chi connectivity index (χ2v) is 6.91. The van der Waals surface area contributed by atoms with Crippen LogP contribution >= 0.6 is 0 Å². The van der Waals surface area contributed by atoms with Crippen LogP contribution in [0.15, 0.2) is 24.3 Å². The molecule has 0 atom stereocenters. The Morgan fingerprint density at radius 3 is 2.67 bits per heavy atom. The second kappa shape index (κ2) is 7.08. The highest BCUT2D eigenvalue weighted by atomic mass is 16.4. The number of aromatic carboxylic acids is 1. The number of nitrogens with one attached hydrogen (secondary N) is 1. The van der Waals surface area contributed by atoms with Gasteiger partial charge in [0.1, 0.15) is 0 Å². The van der Waals surface area contributed by atoms with Gasteiger partial charge < -0.3 is 10.4 Å². The van der Waals surface area contributed by atoms with Crippen LogP contribution in [0.4, 0.5) is 0 Å². The minimum Gasteiger partial charge on any atom is -0.478 e. The van der Waals surface area contributed by atoms with E-state index in [2.05, 4.69) is 19.2 Å². The van der Waals surface area contributed by atoms with Crippen LogP contribution in [0.3, 0.4) is 0 Å². The molecule has 1 aromatic rings. The summed E-state index contributed by atoms with van der Waals surface area (Å²) in [6, 6.07) is 7.21. The Balaban J connectivity index is 1.90. The average Bonchev–Trinajstić information content (AvgIpc) is 2.87. The molecule has 0 saturated heterocycles. The van der Waals surface area contributed by atoms with Crippen LogP contribution in [0.2, 0.25) is 0 Å². The fraction of sp³-hybridized carbons (Fsp3) is 0.611. The zero-order valence-electron chi connectivity index (χ0n) is 13.2. The third-order valence-electron chi connectivity index (χ3n) is 4.51. The molecule has 1 aliphatic rings. The minimum absolute atomic E-state index is 0.368. The van der Waals surface area contributed by atoms with E-state index in [0.29, 0.717) is 11.0 Å². The summed E-state index contributed by atoms with van der Waals surface area (Å²) < 4.78 is 0. The summed E-state index contributed by atoms with van der Waals surface area (Å²) in [6.07, 6.45) is 6.64. The number of hydrogen-bond donors (Lipinski definition) is 2. The monoisotopic (exact) mass is 289 g/mol. The van der Waals surface area contributed by atoms with E-state index in [4.69, 9.17) is 5.11 Å². The Morgan fingerprint density at radius 2 is 2.05 bits per heavy atom. The lowest BCUT2D eigenvalue weighted by atomic mass is 9.78. The quantitative estimate of drug-likeness (QED) is 0.795. The molecule has 2 N–H and O–H groups in total. The largest absolute Gasteiger partial charge is 0.478 e. The van der Waals surface area contributed by atoms with Crippen molar-refractivity contribution >= 4 is 5.97 Å². The molecular weight excluding hydrogens is 262 g/mol. The number of hydrogen-bond acceptors (Lipinski definition) is 2. The summed E-state index contributed by atoms with van der Waals surface area (Å²) in [5.74, 6) is -0.121. The standard InChI is InChI=1S/C18H27NO2/c1-14(2)11-18(8-3-4-9-18)13-19-12-15-6-5-7-16(10-15)17(20)21/h5-7,10,14,19H,3-4,8-9,11-13H2,1-2H3,(H,20,21). The van der Waals surface area contributed by atoms with Crippen molar-refractivity contribution in [3.8, 4) is 0 Å². The van der Waals surface area contributed by atoms with E-state index >= 15 is 0 Å². The molecule has 21 heavy (non-hydrogen) atoms. The molecule has 0 spiro atoms. The van der Waals surface area contributed by atoms with Gasteiger partial charge in [0.05, 0.1) is 5.56 Å². The molecule has 3 nitrogen and oxygen atoms in total. The lowest BCUT2D eigenvalue weighted by molar-refractivity contribution is 0.0696. The van der Waals surface area contributed by atoms with E-state index in [-0.39, 0.29) is 0 Å². The number of rotatable bonds is 7. The Hall–Kier alpha value is -1.35. The maximum atomic E-state index is 11.0. The maximum absolute atomic E-state index is 11.0. The first-order chi connectivity index (χ1) is 10.0. The fourth-order valence-corrected chi connectivity index (χ4v) is 3.73. The Labute approximate surface area is 127 Å². The number of carbonyl (C=O) groups is 1. The highest BCUT2D eigenvalue weighted by Gasteiger charge is 2.33. The highest BCUT2D eigenvalue weighted by molar-refractivity contribution is 5.87. The van der Waals surface area contributed by atoms with Crippen molar-refractivity contribution in [2.45, 2.75) is 52.5 Å². The van der Waals surface area contributed by atoms with Crippen LogP contribution in [0, 0.1) is 11.3 Å². The van der Waals surface area contributed by atoms with Gasteiger partial charge in [0.2, 0.25) is 0 Å². The highest BCUT2D eigenvalue weighted by Crippen LogP contribution is 2.42. The van der Waals surface area contributed by atoms with Crippen molar-refractivity contribution in [2.24, 2.45) is 11.3 Å². The number of carboxylic acids is 1. The van der Waals surface area contributed by atoms with Gasteiger partial charge in [-0.25, -0.2) is 4.79 Å². The molecule has 116 valence electrons. The van der Waals surface area contributed by atoms with Crippen molar-refractivity contribution in [3.05, 3.63) is 35.4 Å². The Bertz CT molecular complexity index is 476. The molecule has 3 heteroatoms. The normalized spacial score (nSPS) is 17.3. The molecule has 1 saturated carbocycles. The molecule has 1 aliphatic carbocycles. The minimum atomic E-state index is -0.857. The van der Waals surface area contributed by atoms with Crippen molar-refractivity contribution in [2.75, 3.05) is 6.54 Å². The molecular formula is C18H27NO2. The SMILES string of the molecule is CC(C)CC1(CNCc2cccc(C(=O)O)c2)CCCC1. The summed E-state index contributed by atoms with van der Waals surface area (Å²) >= 11 is 0. The predicted octanol–water partition coefficient (Wildman–Crippen LogP) is 4.08. The van der Waals surface area contributed by atoms with Crippen LogP contribution in [0.5, 0.6) is 0 Å². The first kappa shape index (κ1) is 16.0. The van der Waals surface area contributed by atoms with Gasteiger partial charge in [-0.05, 0) is 48.3 Å². The van der Waals surface area contributed by atoms with Crippen LogP contribution < -0.4 is 5.32 Å². The van der Waals surface area contributed by atoms with Crippen molar-refractivity contribution in [1.29, 1.82) is 0 Å². The van der Waals surface area contributed by atoms with Crippen LogP contribution in [-0.4, -0.2) is 17.6 Å². The topological polar surface area (TPSA) is 49.3 Å². The molecule has 0 heterocycles. The van der Waals surface area contributed by atoms with Gasteiger partial charge in [-0.1, -0.05) is 38.8 Å². The first-order valence-corrected chi connectivity index (χ1v) is 8.04. The van der Waals surface area contributed by atoms with E-state index in [0.717, 1.165) is 24.6 Å². The fourth-order valence-electron chi connectivity index (χ4n) is 3.73. The van der Waals surface area contributed by atoms with Crippen molar-refractivity contribution in [1.82, 2.24) is 5.32 Å². The third kappa shape index (κ3) is 4.57. The van der Waals surface area contributed by atoms with Gasteiger partial charge in [0, 0.05) is 13.1 Å². The van der Waals surface area contributed by atoms with E-state index in [1.165, 1.54) is 32.1 Å². The summed E-state index contributed by atoms with van der Waals surface area (Å²) in [5, 5.41) is 12.6. The van der Waals surface area contributed by atoms with E-state index in [9.17, 15) is 4.79 Å². The zero-order valence-corrected chi connectivity index (χ0v) is 13.2. The lowest BCUT2D eigenvalue weighted by Gasteiger charge is -2.31. The maximum Gasteiger partial charge on any atom is 0.335 e. The molecule has 0 aliphatic heterocycles. The average molecular weight is 289 g/mol. The van der Waals surface area contributed by atoms with Gasteiger partial charge in [0.25, 0.3) is 0 Å². The number of benzene rings is 1. The van der Waals surface area contributed by atoms with Crippen LogP contribution in [-0.2, 0) is 6.54 Å². The smallest absolute Gasteiger partial charge is 0.335 e. The predicted molar refractivity (Wildman–Crippen MR) is 85.5 cm³/mol. The molecule has 0 unspecified atom stereocenters. The van der Waals surface area contributed by atoms with Gasteiger partial charge in [-0.2, -0.15) is 0 Å². The Kier molecular flexibility index (Phi) is 5.40. The van der Waals surface area contributed by atoms with Crippen molar-refractivity contribution in [3.63, 3.8) is 0 Å². The molecule has 1 aromatic carbocycles. The summed E-state index contributed by atoms with van der Waals surface area (Å²) in [7, 11) is 0. The van der Waals surface area contributed by atoms with E-state index in [1.54, 1.807) is 12.1 Å². The second-order valence-electron chi connectivity index (χ2n) is 6.91. The van der Waals surface area contributed by atoms with Crippen molar-refractivity contribution < 1.29 is 9.90 Å². The van der Waals surface area contributed by atoms with Gasteiger partial charge in [0.15, 0.2) is 0 Å². The van der Waals surface area contributed by atoms with Crippen LogP contribution in [0.25, 0.3) is 0 Å². The van der Waals surface area contributed by atoms with Crippen LogP contribution in [0.1, 0.15) is 61.9 Å².